The summed E-state index contributed by atoms with van der Waals surface area (Å²) in [5, 5.41) is 14.3. The fourth-order valence-corrected chi connectivity index (χ4v) is 3.70. The molecular formula is C22H23FN6O. The maximum atomic E-state index is 14.6. The largest absolute Gasteiger partial charge is 0.330 e. The van der Waals surface area contributed by atoms with Crippen LogP contribution < -0.4 is 5.69 Å². The Morgan fingerprint density at radius 1 is 1.00 bits per heavy atom. The van der Waals surface area contributed by atoms with Gasteiger partial charge in [-0.3, -0.25) is 9.13 Å². The molecule has 0 amide bonds. The van der Waals surface area contributed by atoms with Crippen LogP contribution in [0.3, 0.4) is 0 Å². The van der Waals surface area contributed by atoms with E-state index in [1.54, 1.807) is 11.5 Å². The van der Waals surface area contributed by atoms with E-state index in [0.717, 1.165) is 28.7 Å². The third kappa shape index (κ3) is 3.56. The zero-order valence-electron chi connectivity index (χ0n) is 17.0. The number of nitrogens with zero attached hydrogens (tertiary/aromatic N) is 5. The van der Waals surface area contributed by atoms with Crippen molar-refractivity contribution in [3.05, 3.63) is 76.2 Å². The summed E-state index contributed by atoms with van der Waals surface area (Å²) in [6.45, 7) is 4.42. The number of imidazole rings is 1. The quantitative estimate of drug-likeness (QED) is 0.508. The van der Waals surface area contributed by atoms with Crippen LogP contribution in [0.1, 0.15) is 31.5 Å². The average molecular weight is 406 g/mol. The second-order valence-electron chi connectivity index (χ2n) is 7.08. The highest BCUT2D eigenvalue weighted by atomic mass is 19.1. The van der Waals surface area contributed by atoms with E-state index < -0.39 is 5.95 Å². The van der Waals surface area contributed by atoms with Crippen molar-refractivity contribution in [2.45, 2.75) is 39.8 Å². The number of nitrogens with one attached hydrogen (secondary N) is 1. The first kappa shape index (κ1) is 19.8. The SMILES string of the molecule is CCCc1c(F)n(CC)c(=O)n1Cc1ccc(-c2ccccc2-c2nn[nH]n2)cc1. The molecule has 0 atom stereocenters. The number of aromatic amines is 1. The topological polar surface area (TPSA) is 81.4 Å². The molecule has 4 rings (SSSR count). The Labute approximate surface area is 173 Å². The van der Waals surface area contributed by atoms with Gasteiger partial charge in [-0.25, -0.2) is 4.79 Å². The maximum absolute atomic E-state index is 14.6. The summed E-state index contributed by atoms with van der Waals surface area (Å²) in [5.74, 6) is 0.108. The van der Waals surface area contributed by atoms with Gasteiger partial charge >= 0.3 is 5.69 Å². The van der Waals surface area contributed by atoms with Crippen molar-refractivity contribution in [2.75, 3.05) is 0 Å². The summed E-state index contributed by atoms with van der Waals surface area (Å²) in [6.07, 6.45) is 1.31. The second-order valence-corrected chi connectivity index (χ2v) is 7.08. The zero-order valence-corrected chi connectivity index (χ0v) is 17.0. The van der Waals surface area contributed by atoms with Crippen LogP contribution in [-0.4, -0.2) is 29.8 Å². The molecule has 0 bridgehead atoms. The molecule has 1 N–H and O–H groups in total. The van der Waals surface area contributed by atoms with Gasteiger partial charge in [0, 0.05) is 12.1 Å². The van der Waals surface area contributed by atoms with Gasteiger partial charge in [-0.15, -0.1) is 10.2 Å². The minimum Gasteiger partial charge on any atom is -0.289 e. The average Bonchev–Trinajstić information content (AvgIpc) is 3.38. The minimum atomic E-state index is -0.421. The Hall–Kier alpha value is -3.55. The Bertz CT molecular complexity index is 1190. The fraction of sp³-hybridized carbons (Fsp3) is 0.273. The van der Waals surface area contributed by atoms with Gasteiger partial charge in [0.1, 0.15) is 0 Å². The van der Waals surface area contributed by atoms with Crippen LogP contribution in [0.4, 0.5) is 4.39 Å². The number of aromatic nitrogens is 6. The lowest BCUT2D eigenvalue weighted by Crippen LogP contribution is -2.25. The van der Waals surface area contributed by atoms with Crippen LogP contribution >= 0.6 is 0 Å². The number of rotatable bonds is 7. The Balaban J connectivity index is 1.66. The molecule has 2 aromatic heterocycles. The molecule has 0 spiro atoms. The van der Waals surface area contributed by atoms with Gasteiger partial charge in [0.25, 0.3) is 0 Å². The standard InChI is InChI=1S/C22H23FN6O/c1-3-7-19-20(23)28(4-2)22(30)29(19)14-15-10-12-16(13-11-15)17-8-5-6-9-18(17)21-24-26-27-25-21/h5-6,8-13H,3-4,7,14H2,1-2H3,(H,24,25,26,27). The Morgan fingerprint density at radius 3 is 2.37 bits per heavy atom. The molecule has 30 heavy (non-hydrogen) atoms. The van der Waals surface area contributed by atoms with Crippen LogP contribution in [-0.2, 0) is 19.5 Å². The van der Waals surface area contributed by atoms with Gasteiger partial charge in [-0.2, -0.15) is 9.60 Å². The van der Waals surface area contributed by atoms with Crippen molar-refractivity contribution >= 4 is 0 Å². The molecule has 0 aliphatic rings. The molecule has 0 radical (unpaired) electrons. The monoisotopic (exact) mass is 406 g/mol. The second kappa shape index (κ2) is 8.44. The molecule has 0 aliphatic carbocycles. The molecule has 0 unspecified atom stereocenters. The summed E-state index contributed by atoms with van der Waals surface area (Å²) < 4.78 is 17.4. The summed E-state index contributed by atoms with van der Waals surface area (Å²) >= 11 is 0. The summed E-state index contributed by atoms with van der Waals surface area (Å²) in [5.41, 5.74) is 3.96. The van der Waals surface area contributed by atoms with Crippen molar-refractivity contribution in [1.29, 1.82) is 0 Å². The van der Waals surface area contributed by atoms with E-state index in [1.807, 2.05) is 55.5 Å². The van der Waals surface area contributed by atoms with Crippen LogP contribution in [0.25, 0.3) is 22.5 Å². The highest BCUT2D eigenvalue weighted by Crippen LogP contribution is 2.29. The summed E-state index contributed by atoms with van der Waals surface area (Å²) in [6, 6.07) is 15.7. The molecule has 0 saturated carbocycles. The first-order valence-electron chi connectivity index (χ1n) is 10.0. The first-order valence-corrected chi connectivity index (χ1v) is 10.0. The Kier molecular flexibility index (Phi) is 5.56. The van der Waals surface area contributed by atoms with Gasteiger partial charge in [-0.05, 0) is 35.2 Å². The third-order valence-electron chi connectivity index (χ3n) is 5.18. The van der Waals surface area contributed by atoms with E-state index in [-0.39, 0.29) is 5.69 Å². The summed E-state index contributed by atoms with van der Waals surface area (Å²) in [7, 11) is 0. The lowest BCUT2D eigenvalue weighted by atomic mass is 9.98. The normalized spacial score (nSPS) is 11.2. The molecule has 7 nitrogen and oxygen atoms in total. The molecule has 2 heterocycles. The number of H-pyrrole nitrogens is 1. The van der Waals surface area contributed by atoms with Crippen LogP contribution in [0, 0.1) is 5.95 Å². The highest BCUT2D eigenvalue weighted by Gasteiger charge is 2.18. The van der Waals surface area contributed by atoms with Crippen LogP contribution in [0.5, 0.6) is 0 Å². The van der Waals surface area contributed by atoms with Gasteiger partial charge in [0.2, 0.25) is 11.8 Å². The van der Waals surface area contributed by atoms with Crippen LogP contribution in [0.2, 0.25) is 0 Å². The van der Waals surface area contributed by atoms with Crippen molar-refractivity contribution in [1.82, 2.24) is 29.8 Å². The van der Waals surface area contributed by atoms with Gasteiger partial charge < -0.3 is 0 Å². The predicted molar refractivity (Wildman–Crippen MR) is 112 cm³/mol. The smallest absolute Gasteiger partial charge is 0.289 e. The van der Waals surface area contributed by atoms with E-state index in [1.165, 1.54) is 4.57 Å². The van der Waals surface area contributed by atoms with Gasteiger partial charge in [-0.1, -0.05) is 61.9 Å². The fourth-order valence-electron chi connectivity index (χ4n) is 3.70. The minimum absolute atomic E-state index is 0.301. The molecule has 8 heteroatoms. The first-order chi connectivity index (χ1) is 14.6. The lowest BCUT2D eigenvalue weighted by molar-refractivity contribution is 0.490. The van der Waals surface area contributed by atoms with E-state index >= 15 is 0 Å². The number of hydrogen-bond acceptors (Lipinski definition) is 4. The van der Waals surface area contributed by atoms with Crippen molar-refractivity contribution in [3.8, 4) is 22.5 Å². The van der Waals surface area contributed by atoms with E-state index in [4.69, 9.17) is 0 Å². The van der Waals surface area contributed by atoms with Gasteiger partial charge in [0.15, 0.2) is 0 Å². The molecule has 154 valence electrons. The number of tetrazole rings is 1. The molecule has 4 aromatic rings. The number of benzene rings is 2. The molecule has 2 aromatic carbocycles. The maximum Gasteiger partial charge on any atom is 0.330 e. The van der Waals surface area contributed by atoms with Crippen molar-refractivity contribution < 1.29 is 4.39 Å². The molecule has 0 fully saturated rings. The summed E-state index contributed by atoms with van der Waals surface area (Å²) in [4.78, 5) is 12.6. The van der Waals surface area contributed by atoms with Crippen molar-refractivity contribution in [2.24, 2.45) is 0 Å². The number of halogens is 1. The van der Waals surface area contributed by atoms with E-state index in [0.29, 0.717) is 31.0 Å². The molecule has 0 aliphatic heterocycles. The predicted octanol–water partition coefficient (Wildman–Crippen LogP) is 3.66. The van der Waals surface area contributed by atoms with Crippen LogP contribution in [0.15, 0.2) is 53.3 Å². The third-order valence-corrected chi connectivity index (χ3v) is 5.18. The number of hydrogen-bond donors (Lipinski definition) is 1. The lowest BCUT2D eigenvalue weighted by Gasteiger charge is -2.10. The Morgan fingerprint density at radius 2 is 1.73 bits per heavy atom. The molecule has 0 saturated heterocycles. The zero-order chi connectivity index (χ0) is 21.1. The van der Waals surface area contributed by atoms with Gasteiger partial charge in [0.05, 0.1) is 12.2 Å². The van der Waals surface area contributed by atoms with E-state index in [2.05, 4.69) is 20.6 Å². The van der Waals surface area contributed by atoms with Crippen molar-refractivity contribution in [3.63, 3.8) is 0 Å². The highest BCUT2D eigenvalue weighted by molar-refractivity contribution is 5.80. The molecular weight excluding hydrogens is 383 g/mol. The van der Waals surface area contributed by atoms with E-state index in [9.17, 15) is 9.18 Å².